The first-order valence-corrected chi connectivity index (χ1v) is 13.7. The number of pyridine rings is 1. The zero-order valence-electron chi connectivity index (χ0n) is 20.9. The normalized spacial score (nSPS) is 14.4. The number of amides is 2. The van der Waals surface area contributed by atoms with E-state index in [0.717, 1.165) is 64.2 Å². The Bertz CT molecular complexity index is 1210. The average Bonchev–Trinajstić information content (AvgIpc) is 3.32. The monoisotopic (exact) mass is 521 g/mol. The molecule has 1 fully saturated rings. The number of benzene rings is 1. The molecule has 1 aliphatic heterocycles. The van der Waals surface area contributed by atoms with Crippen molar-refractivity contribution < 1.29 is 9.59 Å². The number of rotatable bonds is 8. The summed E-state index contributed by atoms with van der Waals surface area (Å²) in [6, 6.07) is 13.6. The largest absolute Gasteiger partial charge is 0.349 e. The number of aliphatic imine (C=N–C) groups is 1. The highest BCUT2D eigenvalue weighted by molar-refractivity contribution is 7.99. The number of hydrogen-bond donors (Lipinski definition) is 1. The molecule has 0 bridgehead atoms. The molecule has 3 heterocycles. The van der Waals surface area contributed by atoms with Crippen molar-refractivity contribution in [2.45, 2.75) is 24.7 Å². The molecule has 1 saturated heterocycles. The number of carbonyl (C=O) groups excluding carboxylic acids is 2. The van der Waals surface area contributed by atoms with Crippen LogP contribution >= 0.6 is 23.1 Å². The fourth-order valence-electron chi connectivity index (χ4n) is 4.08. The number of piperidine rings is 1. The van der Waals surface area contributed by atoms with Gasteiger partial charge in [0, 0.05) is 48.2 Å². The topological polar surface area (TPSA) is 77.9 Å². The predicted molar refractivity (Wildman–Crippen MR) is 150 cm³/mol. The van der Waals surface area contributed by atoms with Crippen LogP contribution in [0.2, 0.25) is 0 Å². The molecule has 0 spiro atoms. The van der Waals surface area contributed by atoms with E-state index in [1.165, 1.54) is 11.3 Å². The van der Waals surface area contributed by atoms with Crippen LogP contribution in [0.25, 0.3) is 11.3 Å². The lowest BCUT2D eigenvalue weighted by molar-refractivity contribution is -0.134. The summed E-state index contributed by atoms with van der Waals surface area (Å²) >= 11 is 3.00. The first-order chi connectivity index (χ1) is 17.3. The van der Waals surface area contributed by atoms with E-state index < -0.39 is 0 Å². The predicted octanol–water partition coefficient (Wildman–Crippen LogP) is 5.55. The molecule has 7 nitrogen and oxygen atoms in total. The van der Waals surface area contributed by atoms with E-state index in [2.05, 4.69) is 26.9 Å². The molecule has 0 unspecified atom stereocenters. The zero-order valence-corrected chi connectivity index (χ0v) is 22.5. The number of hydrogen-bond acceptors (Lipinski definition) is 7. The Morgan fingerprint density at radius 1 is 1.19 bits per heavy atom. The smallest absolute Gasteiger partial charge is 0.265 e. The van der Waals surface area contributed by atoms with Gasteiger partial charge in [-0.25, -0.2) is 0 Å². The van der Waals surface area contributed by atoms with Gasteiger partial charge in [-0.2, -0.15) is 0 Å². The van der Waals surface area contributed by atoms with E-state index in [4.69, 9.17) is 0 Å². The van der Waals surface area contributed by atoms with E-state index in [0.29, 0.717) is 4.88 Å². The lowest BCUT2D eigenvalue weighted by Crippen LogP contribution is -2.39. The van der Waals surface area contributed by atoms with Gasteiger partial charge < -0.3 is 10.2 Å². The number of carbonyl (C=O) groups is 2. The summed E-state index contributed by atoms with van der Waals surface area (Å²) in [7, 11) is 3.63. The molecule has 3 aromatic rings. The van der Waals surface area contributed by atoms with Crippen LogP contribution in [-0.4, -0.2) is 66.4 Å². The molecule has 0 atom stereocenters. The van der Waals surface area contributed by atoms with Crippen LogP contribution in [0.3, 0.4) is 0 Å². The van der Waals surface area contributed by atoms with Crippen LogP contribution in [0.1, 0.15) is 28.1 Å². The van der Waals surface area contributed by atoms with Gasteiger partial charge in [-0.15, -0.1) is 23.1 Å². The molecule has 36 heavy (non-hydrogen) atoms. The Kier molecular flexibility index (Phi) is 8.56. The molecular weight excluding hydrogens is 490 g/mol. The van der Waals surface area contributed by atoms with E-state index in [1.54, 1.807) is 16.7 Å². The minimum absolute atomic E-state index is 0.116. The van der Waals surface area contributed by atoms with Gasteiger partial charge in [0.25, 0.3) is 5.91 Å². The van der Waals surface area contributed by atoms with Crippen molar-refractivity contribution in [3.05, 3.63) is 59.1 Å². The first kappa shape index (κ1) is 26.1. The first-order valence-electron chi connectivity index (χ1n) is 11.9. The maximum absolute atomic E-state index is 12.9. The molecule has 0 radical (unpaired) electrons. The van der Waals surface area contributed by atoms with Crippen molar-refractivity contribution in [1.82, 2.24) is 14.8 Å². The van der Waals surface area contributed by atoms with Gasteiger partial charge in [-0.05, 0) is 69.4 Å². The SMILES string of the molecule is C=Nc1sc(C(=O)Nc2ccc(-c3ccc(C)cn3)cc2)cc1SCN1CCC(C(=O)N(C)C)CC1. The maximum atomic E-state index is 12.9. The number of likely N-dealkylation sites (tertiary alicyclic amines) is 1. The summed E-state index contributed by atoms with van der Waals surface area (Å²) in [4.78, 5) is 39.3. The quantitative estimate of drug-likeness (QED) is 0.311. The van der Waals surface area contributed by atoms with Crippen LogP contribution in [0, 0.1) is 12.8 Å². The van der Waals surface area contributed by atoms with Crippen molar-refractivity contribution in [3.63, 3.8) is 0 Å². The molecule has 9 heteroatoms. The Hall–Kier alpha value is -3.01. The van der Waals surface area contributed by atoms with Crippen molar-refractivity contribution in [2.24, 2.45) is 10.9 Å². The molecule has 1 N–H and O–H groups in total. The Morgan fingerprint density at radius 3 is 2.53 bits per heavy atom. The highest BCUT2D eigenvalue weighted by Gasteiger charge is 2.26. The van der Waals surface area contributed by atoms with Gasteiger partial charge in [-0.1, -0.05) is 18.2 Å². The molecule has 2 amide bonds. The van der Waals surface area contributed by atoms with Crippen LogP contribution in [0.4, 0.5) is 10.7 Å². The summed E-state index contributed by atoms with van der Waals surface area (Å²) in [6.45, 7) is 7.47. The van der Waals surface area contributed by atoms with Crippen LogP contribution in [-0.2, 0) is 4.79 Å². The van der Waals surface area contributed by atoms with Gasteiger partial charge >= 0.3 is 0 Å². The third-order valence-electron chi connectivity index (χ3n) is 6.18. The highest BCUT2D eigenvalue weighted by atomic mass is 32.2. The Labute approximate surface area is 220 Å². The Morgan fingerprint density at radius 2 is 1.92 bits per heavy atom. The molecule has 0 saturated carbocycles. The van der Waals surface area contributed by atoms with Gasteiger partial charge in [0.15, 0.2) is 0 Å². The van der Waals surface area contributed by atoms with Crippen LogP contribution in [0.5, 0.6) is 0 Å². The number of nitrogens with zero attached hydrogens (tertiary/aromatic N) is 4. The molecule has 188 valence electrons. The maximum Gasteiger partial charge on any atom is 0.265 e. The molecule has 1 aromatic carbocycles. The average molecular weight is 522 g/mol. The van der Waals surface area contributed by atoms with Crippen molar-refractivity contribution in [3.8, 4) is 11.3 Å². The van der Waals surface area contributed by atoms with Crippen molar-refractivity contribution in [2.75, 3.05) is 38.4 Å². The van der Waals surface area contributed by atoms with Crippen molar-refractivity contribution >= 4 is 52.3 Å². The number of thiophene rings is 1. The zero-order chi connectivity index (χ0) is 25.7. The highest BCUT2D eigenvalue weighted by Crippen LogP contribution is 2.39. The minimum atomic E-state index is -0.166. The van der Waals surface area contributed by atoms with Gasteiger partial charge in [-0.3, -0.25) is 24.5 Å². The summed E-state index contributed by atoms with van der Waals surface area (Å²) < 4.78 is 0. The van der Waals surface area contributed by atoms with E-state index in [1.807, 2.05) is 69.7 Å². The third kappa shape index (κ3) is 6.40. The second kappa shape index (κ2) is 11.8. The number of nitrogens with one attached hydrogen (secondary N) is 1. The number of anilines is 1. The van der Waals surface area contributed by atoms with Crippen LogP contribution in [0.15, 0.2) is 58.5 Å². The molecule has 1 aliphatic rings. The number of thioether (sulfide) groups is 1. The number of aryl methyl sites for hydroxylation is 1. The van der Waals surface area contributed by atoms with Crippen LogP contribution < -0.4 is 5.32 Å². The lowest BCUT2D eigenvalue weighted by atomic mass is 9.96. The number of aromatic nitrogens is 1. The van der Waals surface area contributed by atoms with Gasteiger partial charge in [0.2, 0.25) is 5.91 Å². The molecular formula is C27H31N5O2S2. The van der Waals surface area contributed by atoms with E-state index in [9.17, 15) is 9.59 Å². The third-order valence-corrected chi connectivity index (χ3v) is 8.49. The molecule has 4 rings (SSSR count). The summed E-state index contributed by atoms with van der Waals surface area (Å²) in [5.74, 6) is 0.958. The van der Waals surface area contributed by atoms with E-state index >= 15 is 0 Å². The standard InChI is InChI=1S/C27H31N5O2S2/c1-18-5-10-22(29-16-18)19-6-8-21(9-7-19)30-25(33)23-15-24(26(28-2)36-23)35-17-32-13-11-20(12-14-32)27(34)31(3)4/h5-10,15-16,20H,2,11-14,17H2,1,3-4H3,(H,30,33). The lowest BCUT2D eigenvalue weighted by Gasteiger charge is -2.32. The van der Waals surface area contributed by atoms with Crippen molar-refractivity contribution in [1.29, 1.82) is 0 Å². The molecule has 0 aliphatic carbocycles. The van der Waals surface area contributed by atoms with E-state index in [-0.39, 0.29) is 17.7 Å². The molecule has 2 aromatic heterocycles. The minimum Gasteiger partial charge on any atom is -0.349 e. The summed E-state index contributed by atoms with van der Waals surface area (Å²) in [5, 5.41) is 3.73. The fraction of sp³-hybridized carbons (Fsp3) is 0.333. The second-order valence-corrected chi connectivity index (χ2v) is 11.1. The van der Waals surface area contributed by atoms with Gasteiger partial charge in [0.1, 0.15) is 5.00 Å². The van der Waals surface area contributed by atoms with Gasteiger partial charge in [0.05, 0.1) is 10.6 Å². The summed E-state index contributed by atoms with van der Waals surface area (Å²) in [5.41, 5.74) is 3.73. The Balaban J connectivity index is 1.33. The fourth-order valence-corrected chi connectivity index (χ4v) is 6.18. The summed E-state index contributed by atoms with van der Waals surface area (Å²) in [6.07, 6.45) is 3.59. The second-order valence-electron chi connectivity index (χ2n) is 9.09.